The quantitative estimate of drug-likeness (QED) is 0.0501. The Morgan fingerprint density at radius 2 is 0.700 bits per heavy atom. The van der Waals surface area contributed by atoms with E-state index in [0.29, 0.717) is 182 Å². The van der Waals surface area contributed by atoms with Crippen LogP contribution in [0.2, 0.25) is 0 Å². The van der Waals surface area contributed by atoms with Crippen molar-refractivity contribution in [1.29, 1.82) is 0 Å². The molecule has 0 aliphatic heterocycles. The highest BCUT2D eigenvalue weighted by molar-refractivity contribution is 5.79. The van der Waals surface area contributed by atoms with Gasteiger partial charge in [0.15, 0.2) is 11.5 Å². The zero-order chi connectivity index (χ0) is 58.6. The van der Waals surface area contributed by atoms with Gasteiger partial charge in [0.2, 0.25) is 5.75 Å². The van der Waals surface area contributed by atoms with Gasteiger partial charge in [0.25, 0.3) is 0 Å². The van der Waals surface area contributed by atoms with Crippen molar-refractivity contribution in [2.45, 2.75) is 32.1 Å². The number of methoxy groups -OCH3 is 3. The molecule has 466 valence electrons. The molecule has 0 unspecified atom stereocenters. The highest BCUT2D eigenvalue weighted by atomic mass is 16.6. The standard InChI is InChI=1S/C22H39NO9.C20H35NO7.C14H27NO5/c1-26-20-4-3-5-21(27-2)22(20)32-19-18-31-17-16-30-13-8-23(6-11-28-14-9-24)7-12-29-15-10-25;22-9-14-24-11-6-21(7-12-25-15-10-23)8-13-26-16-17-27-18-19-28-20-4-2-1-3-5-20;1-20-12-2-7-15(8-3-13(18)5-10-16)9-4-14(19)6-11-17/h3-5,24-25H,6-19H2,1-2H3;1-5,22-23H,6-19H2;16-17H,2-12H2,1H3. The smallest absolute Gasteiger partial charge is 0.203 e. The number of Topliss-reactive ketones (excluding diaryl/α,β-unsaturated/α-hetero) is 2. The van der Waals surface area contributed by atoms with Crippen molar-refractivity contribution in [3.05, 3.63) is 48.5 Å². The summed E-state index contributed by atoms with van der Waals surface area (Å²) in [5, 5.41) is 52.4. The number of benzene rings is 2. The van der Waals surface area contributed by atoms with Crippen molar-refractivity contribution in [2.75, 3.05) is 245 Å². The van der Waals surface area contributed by atoms with Crippen LogP contribution >= 0.6 is 0 Å². The summed E-state index contributed by atoms with van der Waals surface area (Å²) in [7, 11) is 4.81. The van der Waals surface area contributed by atoms with Gasteiger partial charge < -0.3 is 97.1 Å². The fourth-order valence-electron chi connectivity index (χ4n) is 6.87. The van der Waals surface area contributed by atoms with E-state index in [1.807, 2.05) is 48.5 Å². The van der Waals surface area contributed by atoms with Gasteiger partial charge in [0, 0.05) is 112 Å². The van der Waals surface area contributed by atoms with Gasteiger partial charge in [-0.15, -0.1) is 0 Å². The van der Waals surface area contributed by atoms with Gasteiger partial charge in [0.1, 0.15) is 30.5 Å². The van der Waals surface area contributed by atoms with Crippen molar-refractivity contribution < 1.29 is 102 Å². The summed E-state index contributed by atoms with van der Waals surface area (Å²) < 4.78 is 70.5. The van der Waals surface area contributed by atoms with E-state index in [9.17, 15) is 9.59 Å². The summed E-state index contributed by atoms with van der Waals surface area (Å²) in [4.78, 5) is 29.2. The molecule has 0 atom stereocenters. The first-order valence-electron chi connectivity index (χ1n) is 27.7. The van der Waals surface area contributed by atoms with Gasteiger partial charge in [-0.3, -0.25) is 19.4 Å². The molecule has 80 heavy (non-hydrogen) atoms. The fourth-order valence-corrected chi connectivity index (χ4v) is 6.87. The highest BCUT2D eigenvalue weighted by Crippen LogP contribution is 2.36. The number of carbonyl (C=O) groups is 2. The van der Waals surface area contributed by atoms with Crippen LogP contribution in [-0.4, -0.2) is 302 Å². The number of aliphatic hydroxyl groups excluding tert-OH is 6. The lowest BCUT2D eigenvalue weighted by molar-refractivity contribution is -0.120. The predicted octanol–water partition coefficient (Wildman–Crippen LogP) is 0.862. The molecule has 6 N–H and O–H groups in total. The number of rotatable bonds is 56. The Bertz CT molecular complexity index is 1560. The summed E-state index contributed by atoms with van der Waals surface area (Å²) in [5.41, 5.74) is 0. The molecule has 2 aromatic carbocycles. The van der Waals surface area contributed by atoms with Crippen LogP contribution in [0.5, 0.6) is 23.0 Å². The molecular weight excluding hydrogens is 1050 g/mol. The maximum atomic E-state index is 11.4. The van der Waals surface area contributed by atoms with Crippen LogP contribution in [0.4, 0.5) is 0 Å². The van der Waals surface area contributed by atoms with Gasteiger partial charge in [-0.2, -0.15) is 0 Å². The Hall–Kier alpha value is -3.74. The van der Waals surface area contributed by atoms with E-state index in [2.05, 4.69) is 14.7 Å². The Balaban J connectivity index is 0.00000120. The lowest BCUT2D eigenvalue weighted by Crippen LogP contribution is -2.34. The number of hydrogen-bond donors (Lipinski definition) is 6. The summed E-state index contributed by atoms with van der Waals surface area (Å²) in [6.07, 6.45) is 2.01. The van der Waals surface area contributed by atoms with Crippen LogP contribution in [0.15, 0.2) is 48.5 Å². The predicted molar refractivity (Wildman–Crippen MR) is 300 cm³/mol. The number of ketones is 2. The number of hydrogen-bond acceptors (Lipinski definition) is 24. The molecule has 0 amide bonds. The summed E-state index contributed by atoms with van der Waals surface area (Å²) >= 11 is 0. The molecule has 0 aliphatic carbocycles. The molecule has 0 bridgehead atoms. The Kier molecular flexibility index (Phi) is 57.1. The molecular formula is C56H101N3O21. The minimum atomic E-state index is -0.114. The normalized spacial score (nSPS) is 11.2. The van der Waals surface area contributed by atoms with Crippen LogP contribution in [0.25, 0.3) is 0 Å². The first-order valence-corrected chi connectivity index (χ1v) is 27.7. The third-order valence-corrected chi connectivity index (χ3v) is 11.1. The second-order valence-corrected chi connectivity index (χ2v) is 17.2. The largest absolute Gasteiger partial charge is 0.493 e. The van der Waals surface area contributed by atoms with E-state index in [0.717, 1.165) is 44.9 Å². The van der Waals surface area contributed by atoms with Gasteiger partial charge in [-0.1, -0.05) is 24.3 Å². The third kappa shape index (κ3) is 47.9. The van der Waals surface area contributed by atoms with Gasteiger partial charge >= 0.3 is 0 Å². The minimum Gasteiger partial charge on any atom is -0.493 e. The first-order chi connectivity index (χ1) is 39.3. The molecule has 0 heterocycles. The summed E-state index contributed by atoms with van der Waals surface area (Å²) in [6, 6.07) is 15.1. The summed E-state index contributed by atoms with van der Waals surface area (Å²) in [5.74, 6) is 2.69. The second kappa shape index (κ2) is 59.9. The minimum absolute atomic E-state index is 0.0141. The zero-order valence-electron chi connectivity index (χ0n) is 48.3. The van der Waals surface area contributed by atoms with Gasteiger partial charge in [-0.25, -0.2) is 0 Å². The molecule has 24 heteroatoms. The third-order valence-electron chi connectivity index (χ3n) is 11.1. The molecule has 2 aromatic rings. The molecule has 24 nitrogen and oxygen atoms in total. The van der Waals surface area contributed by atoms with Crippen LogP contribution in [-0.2, 0) is 52.2 Å². The fraction of sp³-hybridized carbons (Fsp3) is 0.750. The Morgan fingerprint density at radius 1 is 0.350 bits per heavy atom. The second-order valence-electron chi connectivity index (χ2n) is 17.2. The van der Waals surface area contributed by atoms with Crippen molar-refractivity contribution >= 4 is 11.6 Å². The van der Waals surface area contributed by atoms with E-state index < -0.39 is 0 Å². The van der Waals surface area contributed by atoms with E-state index >= 15 is 0 Å². The first kappa shape index (κ1) is 76.3. The zero-order valence-corrected chi connectivity index (χ0v) is 48.3. The molecule has 0 radical (unpaired) electrons. The highest BCUT2D eigenvalue weighted by Gasteiger charge is 2.13. The van der Waals surface area contributed by atoms with Gasteiger partial charge in [0.05, 0.1) is 146 Å². The topological polar surface area (TPSA) is 285 Å². The molecule has 0 spiro atoms. The molecule has 2 rings (SSSR count). The number of aliphatic hydroxyl groups is 6. The average molecular weight is 1150 g/mol. The number of ether oxygens (including phenoxy) is 13. The van der Waals surface area contributed by atoms with E-state index in [1.165, 1.54) is 0 Å². The van der Waals surface area contributed by atoms with E-state index in [-0.39, 0.29) is 64.0 Å². The number of nitrogens with zero attached hydrogens (tertiary/aromatic N) is 3. The molecule has 0 aliphatic rings. The molecule has 0 saturated heterocycles. The molecule has 0 aromatic heterocycles. The van der Waals surface area contributed by atoms with E-state index in [4.69, 9.17) is 92.2 Å². The number of para-hydroxylation sites is 2. The maximum Gasteiger partial charge on any atom is 0.203 e. The van der Waals surface area contributed by atoms with Crippen molar-refractivity contribution in [1.82, 2.24) is 14.7 Å². The molecule has 0 fully saturated rings. The van der Waals surface area contributed by atoms with Crippen molar-refractivity contribution in [3.63, 3.8) is 0 Å². The lowest BCUT2D eigenvalue weighted by atomic mass is 10.2. The Labute approximate surface area is 475 Å². The van der Waals surface area contributed by atoms with Crippen LogP contribution < -0.4 is 18.9 Å². The molecule has 0 saturated carbocycles. The van der Waals surface area contributed by atoms with Crippen LogP contribution in [0, 0.1) is 0 Å². The average Bonchev–Trinajstić information content (AvgIpc) is 3.47. The maximum absolute atomic E-state index is 11.4. The van der Waals surface area contributed by atoms with Crippen LogP contribution in [0.3, 0.4) is 0 Å². The summed E-state index contributed by atoms with van der Waals surface area (Å²) in [6.45, 7) is 15.3. The van der Waals surface area contributed by atoms with E-state index in [1.54, 1.807) is 21.3 Å². The SMILES string of the molecule is COCCCN(CCC(=O)CCO)CCC(=O)CCO.COc1cccc(OC)c1OCCOCCOCCN(CCOCCO)CCOCCO.OCCOCCN(CCOCCO)CCOCCOCCOc1ccccc1. The Morgan fingerprint density at radius 3 is 1.06 bits per heavy atom. The van der Waals surface area contributed by atoms with Gasteiger partial charge in [-0.05, 0) is 30.7 Å². The van der Waals surface area contributed by atoms with Crippen molar-refractivity contribution in [3.8, 4) is 23.0 Å². The van der Waals surface area contributed by atoms with Crippen molar-refractivity contribution in [2.24, 2.45) is 0 Å². The monoisotopic (exact) mass is 1150 g/mol. The van der Waals surface area contributed by atoms with Crippen LogP contribution in [0.1, 0.15) is 32.1 Å². The lowest BCUT2D eigenvalue weighted by Gasteiger charge is -2.22. The number of carbonyl (C=O) groups excluding carboxylic acids is 2.